The van der Waals surface area contributed by atoms with Crippen molar-refractivity contribution in [3.05, 3.63) is 33.9 Å². The number of aryl methyl sites for hydroxylation is 1. The van der Waals surface area contributed by atoms with Crippen molar-refractivity contribution in [2.75, 3.05) is 11.9 Å². The molecule has 5 atom stereocenters. The number of nitrogens with zero attached hydrogens (tertiary/aromatic N) is 1. The monoisotopic (exact) mass is 314 g/mol. The van der Waals surface area contributed by atoms with Crippen molar-refractivity contribution in [1.82, 2.24) is 0 Å². The highest BCUT2D eigenvalue weighted by Gasteiger charge is 2.43. The van der Waals surface area contributed by atoms with E-state index in [1.54, 1.807) is 13.0 Å². The highest BCUT2D eigenvalue weighted by molar-refractivity contribution is 5.62. The van der Waals surface area contributed by atoms with Crippen LogP contribution >= 0.6 is 0 Å². The highest BCUT2D eigenvalue weighted by Crippen LogP contribution is 2.29. The van der Waals surface area contributed by atoms with Crippen LogP contribution in [0, 0.1) is 17.0 Å². The molecule has 0 unspecified atom stereocenters. The van der Waals surface area contributed by atoms with Crippen molar-refractivity contribution in [2.24, 2.45) is 0 Å². The van der Waals surface area contributed by atoms with Gasteiger partial charge in [-0.3, -0.25) is 10.1 Å². The van der Waals surface area contributed by atoms with Crippen molar-refractivity contribution in [2.45, 2.75) is 37.6 Å². The van der Waals surface area contributed by atoms with Crippen molar-refractivity contribution >= 4 is 11.4 Å². The zero-order valence-electron chi connectivity index (χ0n) is 11.8. The molecule has 0 amide bonds. The van der Waals surface area contributed by atoms with E-state index in [4.69, 9.17) is 9.84 Å². The molecule has 1 saturated heterocycles. The summed E-state index contributed by atoms with van der Waals surface area (Å²) in [5, 5.41) is 52.1. The third-order valence-corrected chi connectivity index (χ3v) is 3.54. The predicted octanol–water partition coefficient (Wildman–Crippen LogP) is -0.885. The van der Waals surface area contributed by atoms with Gasteiger partial charge in [0.25, 0.3) is 5.69 Å². The molecule has 22 heavy (non-hydrogen) atoms. The molecule has 5 N–H and O–H groups in total. The Morgan fingerprint density at radius 3 is 2.55 bits per heavy atom. The first-order chi connectivity index (χ1) is 10.3. The molecule has 1 heterocycles. The van der Waals surface area contributed by atoms with Crippen LogP contribution in [0.1, 0.15) is 5.56 Å². The molecular weight excluding hydrogens is 296 g/mol. The van der Waals surface area contributed by atoms with Crippen LogP contribution in [0.3, 0.4) is 0 Å². The largest absolute Gasteiger partial charge is 0.394 e. The molecule has 0 spiro atoms. The first-order valence-corrected chi connectivity index (χ1v) is 6.67. The lowest BCUT2D eigenvalue weighted by Gasteiger charge is -2.40. The number of nitro groups is 1. The van der Waals surface area contributed by atoms with Gasteiger partial charge in [-0.2, -0.15) is 0 Å². The van der Waals surface area contributed by atoms with E-state index in [9.17, 15) is 25.4 Å². The summed E-state index contributed by atoms with van der Waals surface area (Å²) in [5.41, 5.74) is 0.572. The molecule has 1 aromatic carbocycles. The smallest absolute Gasteiger partial charge is 0.292 e. The van der Waals surface area contributed by atoms with Gasteiger partial charge in [-0.15, -0.1) is 0 Å². The van der Waals surface area contributed by atoms with Gasteiger partial charge >= 0.3 is 0 Å². The predicted molar refractivity (Wildman–Crippen MR) is 75.2 cm³/mol. The third-order valence-electron chi connectivity index (χ3n) is 3.54. The fourth-order valence-corrected chi connectivity index (χ4v) is 2.29. The second-order valence-electron chi connectivity index (χ2n) is 5.17. The zero-order chi connectivity index (χ0) is 16.4. The Morgan fingerprint density at radius 1 is 1.27 bits per heavy atom. The number of hydrogen-bond acceptors (Lipinski definition) is 8. The van der Waals surface area contributed by atoms with Gasteiger partial charge in [-0.25, -0.2) is 0 Å². The van der Waals surface area contributed by atoms with Gasteiger partial charge in [0.1, 0.15) is 30.1 Å². The zero-order valence-corrected chi connectivity index (χ0v) is 11.8. The van der Waals surface area contributed by atoms with Crippen LogP contribution < -0.4 is 5.32 Å². The van der Waals surface area contributed by atoms with Crippen LogP contribution in [0.4, 0.5) is 11.4 Å². The SMILES string of the molecule is Cc1ccc(N[C@@H]2O[C@H](CO)[C@H](O)[C@H](O)[C@@H]2O)c([N+](=O)[O-])c1. The van der Waals surface area contributed by atoms with Gasteiger partial charge in [0.2, 0.25) is 0 Å². The minimum absolute atomic E-state index is 0.0972. The lowest BCUT2D eigenvalue weighted by atomic mass is 9.98. The number of aliphatic hydroxyl groups excluding tert-OH is 4. The maximum Gasteiger partial charge on any atom is 0.292 e. The molecule has 9 heteroatoms. The Hall–Kier alpha value is -1.78. The third kappa shape index (κ3) is 3.18. The minimum atomic E-state index is -1.55. The lowest BCUT2D eigenvalue weighted by Crippen LogP contribution is -2.60. The van der Waals surface area contributed by atoms with Crippen molar-refractivity contribution in [3.8, 4) is 0 Å². The molecule has 122 valence electrons. The molecule has 1 aromatic rings. The fourth-order valence-electron chi connectivity index (χ4n) is 2.29. The summed E-state index contributed by atoms with van der Waals surface area (Å²) in [6.45, 7) is 1.13. The molecule has 2 rings (SSSR count). The van der Waals surface area contributed by atoms with Crippen molar-refractivity contribution < 1.29 is 30.1 Å². The number of nitro benzene ring substituents is 1. The molecule has 0 radical (unpaired) electrons. The van der Waals surface area contributed by atoms with Gasteiger partial charge in [-0.1, -0.05) is 6.07 Å². The first-order valence-electron chi connectivity index (χ1n) is 6.67. The van der Waals surface area contributed by atoms with Gasteiger partial charge in [0, 0.05) is 6.07 Å². The number of anilines is 1. The molecule has 9 nitrogen and oxygen atoms in total. The molecule has 1 aliphatic rings. The Morgan fingerprint density at radius 2 is 1.95 bits per heavy atom. The van der Waals surface area contributed by atoms with E-state index in [-0.39, 0.29) is 11.4 Å². The quantitative estimate of drug-likeness (QED) is 0.355. The second kappa shape index (κ2) is 6.55. The van der Waals surface area contributed by atoms with Crippen LogP contribution in [0.25, 0.3) is 0 Å². The van der Waals surface area contributed by atoms with E-state index < -0.39 is 42.2 Å². The Kier molecular flexibility index (Phi) is 4.94. The van der Waals surface area contributed by atoms with Gasteiger partial charge in [0.15, 0.2) is 6.23 Å². The van der Waals surface area contributed by atoms with Crippen molar-refractivity contribution in [1.29, 1.82) is 0 Å². The first kappa shape index (κ1) is 16.6. The maximum absolute atomic E-state index is 11.1. The van der Waals surface area contributed by atoms with Crippen LogP contribution in [0.2, 0.25) is 0 Å². The average Bonchev–Trinajstić information content (AvgIpc) is 2.49. The summed E-state index contributed by atoms with van der Waals surface area (Å²) in [6.07, 6.45) is -6.84. The molecule has 0 saturated carbocycles. The molecule has 1 aliphatic heterocycles. The normalized spacial score (nSPS) is 31.8. The summed E-state index contributed by atoms with van der Waals surface area (Å²) in [6, 6.07) is 4.45. The summed E-state index contributed by atoms with van der Waals surface area (Å²) in [7, 11) is 0. The number of nitrogens with one attached hydrogen (secondary N) is 1. The van der Waals surface area contributed by atoms with E-state index in [1.165, 1.54) is 12.1 Å². The highest BCUT2D eigenvalue weighted by atomic mass is 16.6. The fraction of sp³-hybridized carbons (Fsp3) is 0.538. The van der Waals surface area contributed by atoms with Crippen molar-refractivity contribution in [3.63, 3.8) is 0 Å². The van der Waals surface area contributed by atoms with E-state index in [2.05, 4.69) is 5.32 Å². The lowest BCUT2D eigenvalue weighted by molar-refractivity contribution is -0.384. The number of aliphatic hydroxyl groups is 4. The van der Waals surface area contributed by atoms with Crippen LogP contribution in [-0.4, -0.2) is 62.6 Å². The van der Waals surface area contributed by atoms with E-state index in [0.717, 1.165) is 0 Å². The standard InChI is InChI=1S/C13H18N2O7/c1-6-2-3-7(8(4-6)15(20)21)14-13-12(19)11(18)10(17)9(5-16)22-13/h2-4,9-14,16-19H,5H2,1H3/t9-,10+,11+,12+,13-/m1/s1. The number of benzene rings is 1. The number of rotatable bonds is 4. The number of ether oxygens (including phenoxy) is 1. The topological polar surface area (TPSA) is 145 Å². The minimum Gasteiger partial charge on any atom is -0.394 e. The van der Waals surface area contributed by atoms with E-state index in [1.807, 2.05) is 0 Å². The molecule has 1 fully saturated rings. The summed E-state index contributed by atoms with van der Waals surface area (Å²) in [4.78, 5) is 10.5. The summed E-state index contributed by atoms with van der Waals surface area (Å²) in [5.74, 6) is 0. The molecule has 0 aliphatic carbocycles. The Bertz CT molecular complexity index is 551. The van der Waals surface area contributed by atoms with E-state index in [0.29, 0.717) is 5.56 Å². The number of hydrogen-bond donors (Lipinski definition) is 5. The molecule has 0 aromatic heterocycles. The molecular formula is C13H18N2O7. The van der Waals surface area contributed by atoms with Gasteiger partial charge in [0.05, 0.1) is 11.5 Å². The summed E-state index contributed by atoms with van der Waals surface area (Å²) < 4.78 is 5.26. The van der Waals surface area contributed by atoms with Crippen LogP contribution in [-0.2, 0) is 4.74 Å². The van der Waals surface area contributed by atoms with Gasteiger partial charge in [-0.05, 0) is 18.6 Å². The molecule has 0 bridgehead atoms. The Balaban J connectivity index is 2.24. The van der Waals surface area contributed by atoms with Crippen LogP contribution in [0.15, 0.2) is 18.2 Å². The second-order valence-corrected chi connectivity index (χ2v) is 5.17. The Labute approximate surface area is 125 Å². The average molecular weight is 314 g/mol. The maximum atomic E-state index is 11.1. The van der Waals surface area contributed by atoms with E-state index >= 15 is 0 Å². The van der Waals surface area contributed by atoms with Crippen LogP contribution in [0.5, 0.6) is 0 Å². The summed E-state index contributed by atoms with van der Waals surface area (Å²) >= 11 is 0. The van der Waals surface area contributed by atoms with Gasteiger partial charge < -0.3 is 30.5 Å².